The Labute approximate surface area is 135 Å². The monoisotopic (exact) mass is 328 g/mol. The lowest BCUT2D eigenvalue weighted by atomic mass is 10.2. The Morgan fingerprint density at radius 3 is 2.62 bits per heavy atom. The van der Waals surface area contributed by atoms with Crippen LogP contribution in [0.5, 0.6) is 0 Å². The fourth-order valence-electron chi connectivity index (χ4n) is 1.73. The molecule has 0 saturated heterocycles. The number of carbonyl (C=O) groups is 1. The molecule has 0 aliphatic heterocycles. The highest BCUT2D eigenvalue weighted by atomic mass is 35.5. The largest absolute Gasteiger partial charge is 0.338 e. The number of rotatable bonds is 4. The van der Waals surface area contributed by atoms with E-state index in [1.807, 2.05) is 19.1 Å². The van der Waals surface area contributed by atoms with Gasteiger partial charge in [-0.05, 0) is 31.2 Å². The third-order valence-corrected chi connectivity index (χ3v) is 3.50. The molecule has 0 bridgehead atoms. The molecule has 0 aliphatic carbocycles. The van der Waals surface area contributed by atoms with Crippen molar-refractivity contribution in [1.82, 2.24) is 14.7 Å². The van der Waals surface area contributed by atoms with E-state index in [1.165, 1.54) is 0 Å². The van der Waals surface area contributed by atoms with Crippen LogP contribution in [0, 0.1) is 0 Å². The summed E-state index contributed by atoms with van der Waals surface area (Å²) in [6.45, 7) is 2.33. The number of likely N-dealkylation sites (N-methyl/N-ethyl adjacent to an activating group) is 1. The predicted molar refractivity (Wildman–Crippen MR) is 86.4 cm³/mol. The third-order valence-electron chi connectivity index (χ3n) is 3.24. The molecule has 114 valence electrons. The van der Waals surface area contributed by atoms with E-state index in [1.54, 1.807) is 41.2 Å². The van der Waals surface area contributed by atoms with Crippen molar-refractivity contribution < 1.29 is 4.79 Å². The first-order chi connectivity index (χ1) is 9.52. The first-order valence-electron chi connectivity index (χ1n) is 6.30. The molecule has 1 heterocycles. The molecule has 7 heteroatoms. The second-order valence-corrected chi connectivity index (χ2v) is 5.09. The minimum atomic E-state index is -0.0943. The average Bonchev–Trinajstić information content (AvgIpc) is 2.95. The summed E-state index contributed by atoms with van der Waals surface area (Å²) in [6, 6.07) is 7.23. The van der Waals surface area contributed by atoms with Gasteiger partial charge in [-0.2, -0.15) is 5.10 Å². The topological polar surface area (TPSA) is 64.2 Å². The van der Waals surface area contributed by atoms with Gasteiger partial charge in [0.2, 0.25) is 0 Å². The number of amides is 1. The smallest absolute Gasteiger partial charge is 0.257 e. The molecule has 1 atom stereocenters. The summed E-state index contributed by atoms with van der Waals surface area (Å²) in [6.07, 6.45) is 3.25. The van der Waals surface area contributed by atoms with E-state index < -0.39 is 0 Å². The highest BCUT2D eigenvalue weighted by Gasteiger charge is 2.18. The Morgan fingerprint density at radius 2 is 2.05 bits per heavy atom. The lowest BCUT2D eigenvalue weighted by Gasteiger charge is -2.22. The molecule has 0 aliphatic rings. The zero-order valence-corrected chi connectivity index (χ0v) is 13.4. The zero-order valence-electron chi connectivity index (χ0n) is 11.9. The summed E-state index contributed by atoms with van der Waals surface area (Å²) in [5.41, 5.74) is 6.95. The van der Waals surface area contributed by atoms with Crippen LogP contribution < -0.4 is 5.73 Å². The van der Waals surface area contributed by atoms with E-state index in [0.717, 1.165) is 5.69 Å². The van der Waals surface area contributed by atoms with Crippen molar-refractivity contribution in [3.63, 3.8) is 0 Å². The summed E-state index contributed by atoms with van der Waals surface area (Å²) in [5, 5.41) is 4.86. The molecular formula is C14H18Cl2N4O. The van der Waals surface area contributed by atoms with Crippen molar-refractivity contribution in [3.05, 3.63) is 47.2 Å². The Kier molecular flexibility index (Phi) is 6.20. The maximum Gasteiger partial charge on any atom is 0.257 e. The molecule has 0 fully saturated rings. The predicted octanol–water partition coefficient (Wildman–Crippen LogP) is 2.37. The van der Waals surface area contributed by atoms with Crippen LogP contribution >= 0.6 is 24.0 Å². The van der Waals surface area contributed by atoms with Crippen LogP contribution in [0.1, 0.15) is 17.3 Å². The number of benzene rings is 1. The SMILES string of the molecule is CC(CN)N(C)C(=O)c1cnn(-c2ccc(Cl)cc2)c1.Cl. The van der Waals surface area contributed by atoms with Crippen LogP contribution in [0.25, 0.3) is 5.69 Å². The molecule has 0 spiro atoms. The number of halogens is 2. The van der Waals surface area contributed by atoms with Crippen LogP contribution in [0.15, 0.2) is 36.7 Å². The van der Waals surface area contributed by atoms with Crippen molar-refractivity contribution in [1.29, 1.82) is 0 Å². The van der Waals surface area contributed by atoms with Gasteiger partial charge in [0.25, 0.3) is 5.91 Å². The van der Waals surface area contributed by atoms with Gasteiger partial charge in [-0.1, -0.05) is 11.6 Å². The Hall–Kier alpha value is -1.56. The van der Waals surface area contributed by atoms with Gasteiger partial charge in [0.15, 0.2) is 0 Å². The van der Waals surface area contributed by atoms with Crippen molar-refractivity contribution >= 4 is 29.9 Å². The molecule has 2 aromatic rings. The average molecular weight is 329 g/mol. The molecule has 21 heavy (non-hydrogen) atoms. The van der Waals surface area contributed by atoms with Crippen LogP contribution in [-0.4, -0.2) is 40.2 Å². The van der Waals surface area contributed by atoms with Gasteiger partial charge < -0.3 is 10.6 Å². The standard InChI is InChI=1S/C14H17ClN4O.ClH/c1-10(7-16)18(2)14(20)11-8-17-19(9-11)13-5-3-12(15)4-6-13;/h3-6,8-10H,7,16H2,1-2H3;1H. The van der Waals surface area contributed by atoms with Gasteiger partial charge in [0.05, 0.1) is 17.4 Å². The second-order valence-electron chi connectivity index (χ2n) is 4.65. The Bertz CT molecular complexity index is 597. The third kappa shape index (κ3) is 3.97. The molecule has 0 radical (unpaired) electrons. The van der Waals surface area contributed by atoms with Gasteiger partial charge in [0, 0.05) is 30.9 Å². The number of aromatic nitrogens is 2. The Balaban J connectivity index is 0.00000220. The molecular weight excluding hydrogens is 311 g/mol. The first-order valence-corrected chi connectivity index (χ1v) is 6.68. The highest BCUT2D eigenvalue weighted by molar-refractivity contribution is 6.30. The molecule has 2 rings (SSSR count). The molecule has 5 nitrogen and oxygen atoms in total. The molecule has 1 aromatic heterocycles. The summed E-state index contributed by atoms with van der Waals surface area (Å²) in [5.74, 6) is -0.0943. The minimum absolute atomic E-state index is 0. The van der Waals surface area contributed by atoms with Crippen molar-refractivity contribution in [2.24, 2.45) is 5.73 Å². The van der Waals surface area contributed by atoms with Gasteiger partial charge in [0.1, 0.15) is 0 Å². The van der Waals surface area contributed by atoms with E-state index in [9.17, 15) is 4.79 Å². The van der Waals surface area contributed by atoms with Crippen LogP contribution in [-0.2, 0) is 0 Å². The lowest BCUT2D eigenvalue weighted by molar-refractivity contribution is 0.0748. The summed E-state index contributed by atoms with van der Waals surface area (Å²) in [4.78, 5) is 13.9. The van der Waals surface area contributed by atoms with E-state index >= 15 is 0 Å². The van der Waals surface area contributed by atoms with E-state index in [2.05, 4.69) is 5.10 Å². The number of hydrogen-bond donors (Lipinski definition) is 1. The number of carbonyl (C=O) groups excluding carboxylic acids is 1. The quantitative estimate of drug-likeness (QED) is 0.937. The molecule has 0 saturated carbocycles. The maximum atomic E-state index is 12.2. The molecule has 2 N–H and O–H groups in total. The molecule has 1 aromatic carbocycles. The van der Waals surface area contributed by atoms with E-state index in [-0.39, 0.29) is 24.4 Å². The summed E-state index contributed by atoms with van der Waals surface area (Å²) >= 11 is 5.84. The summed E-state index contributed by atoms with van der Waals surface area (Å²) in [7, 11) is 1.74. The van der Waals surface area contributed by atoms with Crippen molar-refractivity contribution in [2.75, 3.05) is 13.6 Å². The fraction of sp³-hybridized carbons (Fsp3) is 0.286. The van der Waals surface area contributed by atoms with Crippen molar-refractivity contribution in [3.8, 4) is 5.69 Å². The van der Waals surface area contributed by atoms with Crippen molar-refractivity contribution in [2.45, 2.75) is 13.0 Å². The first kappa shape index (κ1) is 17.5. The van der Waals surface area contributed by atoms with Crippen LogP contribution in [0.2, 0.25) is 5.02 Å². The summed E-state index contributed by atoms with van der Waals surface area (Å²) < 4.78 is 1.64. The van der Waals surface area contributed by atoms with E-state index in [4.69, 9.17) is 17.3 Å². The molecule has 1 unspecified atom stereocenters. The fourth-order valence-corrected chi connectivity index (χ4v) is 1.86. The van der Waals surface area contributed by atoms with Gasteiger partial charge >= 0.3 is 0 Å². The maximum absolute atomic E-state index is 12.2. The Morgan fingerprint density at radius 1 is 1.43 bits per heavy atom. The highest BCUT2D eigenvalue weighted by Crippen LogP contribution is 2.14. The minimum Gasteiger partial charge on any atom is -0.338 e. The van der Waals surface area contributed by atoms with Gasteiger partial charge in [-0.15, -0.1) is 12.4 Å². The van der Waals surface area contributed by atoms with Crippen LogP contribution in [0.4, 0.5) is 0 Å². The van der Waals surface area contributed by atoms with Gasteiger partial charge in [-0.3, -0.25) is 4.79 Å². The lowest BCUT2D eigenvalue weighted by Crippen LogP contribution is -2.39. The van der Waals surface area contributed by atoms with Crippen LogP contribution in [0.3, 0.4) is 0 Å². The number of nitrogens with two attached hydrogens (primary N) is 1. The number of hydrogen-bond acceptors (Lipinski definition) is 3. The molecule has 1 amide bonds. The van der Waals surface area contributed by atoms with Gasteiger partial charge in [-0.25, -0.2) is 4.68 Å². The zero-order chi connectivity index (χ0) is 14.7. The second kappa shape index (κ2) is 7.45. The number of nitrogens with zero attached hydrogens (tertiary/aromatic N) is 3. The van der Waals surface area contributed by atoms with E-state index in [0.29, 0.717) is 17.1 Å². The normalized spacial score (nSPS) is 11.6.